The van der Waals surface area contributed by atoms with Crippen molar-refractivity contribution >= 4 is 11.0 Å². The second-order valence-electron chi connectivity index (χ2n) is 4.10. The van der Waals surface area contributed by atoms with Crippen molar-refractivity contribution in [3.05, 3.63) is 35.1 Å². The van der Waals surface area contributed by atoms with Crippen LogP contribution in [0.25, 0.3) is 11.0 Å². The first-order valence-electron chi connectivity index (χ1n) is 5.66. The second kappa shape index (κ2) is 4.45. The summed E-state index contributed by atoms with van der Waals surface area (Å²) in [4.78, 5) is 0. The van der Waals surface area contributed by atoms with Crippen LogP contribution in [0.4, 0.5) is 8.78 Å². The molecular formula is C13H15F2NO. The number of fused-ring (bicyclic) bond motifs is 1. The van der Waals surface area contributed by atoms with E-state index in [4.69, 9.17) is 4.42 Å². The smallest absolute Gasteiger partial charge is 0.173 e. The number of nitrogens with one attached hydrogen (secondary N) is 1. The average Bonchev–Trinajstić information content (AvgIpc) is 2.63. The van der Waals surface area contributed by atoms with E-state index in [1.165, 1.54) is 0 Å². The zero-order valence-corrected chi connectivity index (χ0v) is 10.1. The topological polar surface area (TPSA) is 25.2 Å². The van der Waals surface area contributed by atoms with Gasteiger partial charge in [0, 0.05) is 5.56 Å². The highest BCUT2D eigenvalue weighted by molar-refractivity contribution is 5.83. The summed E-state index contributed by atoms with van der Waals surface area (Å²) in [5.74, 6) is -0.386. The number of hydrogen-bond donors (Lipinski definition) is 1. The molecule has 92 valence electrons. The third-order valence-corrected chi connectivity index (χ3v) is 2.92. The zero-order valence-electron chi connectivity index (χ0n) is 10.1. The van der Waals surface area contributed by atoms with E-state index in [0.717, 1.165) is 18.7 Å². The van der Waals surface area contributed by atoms with Gasteiger partial charge in [-0.25, -0.2) is 8.78 Å². The summed E-state index contributed by atoms with van der Waals surface area (Å²) >= 11 is 0. The Morgan fingerprint density at radius 1 is 1.29 bits per heavy atom. The maximum absolute atomic E-state index is 13.6. The van der Waals surface area contributed by atoms with Gasteiger partial charge in [-0.2, -0.15) is 0 Å². The molecule has 0 radical (unpaired) electrons. The largest absolute Gasteiger partial charge is 0.456 e. The predicted octanol–water partition coefficient (Wildman–Crippen LogP) is 3.69. The molecular weight excluding hydrogens is 224 g/mol. The summed E-state index contributed by atoms with van der Waals surface area (Å²) in [6.45, 7) is 6.39. The quantitative estimate of drug-likeness (QED) is 0.883. The minimum Gasteiger partial charge on any atom is -0.456 e. The fraction of sp³-hybridized carbons (Fsp3) is 0.385. The Bertz CT molecular complexity index is 548. The van der Waals surface area contributed by atoms with Gasteiger partial charge in [0.1, 0.15) is 11.6 Å². The summed E-state index contributed by atoms with van der Waals surface area (Å²) in [5, 5.41) is 3.40. The van der Waals surface area contributed by atoms with Crippen molar-refractivity contribution in [3.63, 3.8) is 0 Å². The van der Waals surface area contributed by atoms with Crippen molar-refractivity contribution < 1.29 is 13.2 Å². The number of furan rings is 1. The first kappa shape index (κ1) is 12.0. The van der Waals surface area contributed by atoms with Gasteiger partial charge in [0.25, 0.3) is 0 Å². The summed E-state index contributed by atoms with van der Waals surface area (Å²) in [5.41, 5.74) is 0.660. The van der Waals surface area contributed by atoms with Crippen molar-refractivity contribution in [3.8, 4) is 0 Å². The van der Waals surface area contributed by atoms with E-state index in [0.29, 0.717) is 11.3 Å². The van der Waals surface area contributed by atoms with Crippen LogP contribution in [0.1, 0.15) is 31.2 Å². The lowest BCUT2D eigenvalue weighted by Gasteiger charge is -2.09. The molecule has 0 fully saturated rings. The molecule has 0 spiro atoms. The third-order valence-electron chi connectivity index (χ3n) is 2.92. The van der Waals surface area contributed by atoms with E-state index >= 15 is 0 Å². The lowest BCUT2D eigenvalue weighted by molar-refractivity contribution is 0.446. The molecule has 1 N–H and O–H groups in total. The molecule has 2 aromatic rings. The molecule has 1 atom stereocenters. The van der Waals surface area contributed by atoms with Gasteiger partial charge in [0.15, 0.2) is 11.4 Å². The van der Waals surface area contributed by atoms with Crippen molar-refractivity contribution in [2.75, 3.05) is 6.54 Å². The van der Waals surface area contributed by atoms with Crippen LogP contribution in [0.5, 0.6) is 0 Å². The van der Waals surface area contributed by atoms with Gasteiger partial charge in [0.2, 0.25) is 0 Å². The zero-order chi connectivity index (χ0) is 12.6. The average molecular weight is 239 g/mol. The molecule has 0 saturated carbocycles. The Hall–Kier alpha value is -1.42. The Balaban J connectivity index is 2.64. The number of hydrogen-bond acceptors (Lipinski definition) is 2. The molecule has 2 nitrogen and oxygen atoms in total. The van der Waals surface area contributed by atoms with Gasteiger partial charge in [-0.1, -0.05) is 6.92 Å². The Morgan fingerprint density at radius 3 is 2.53 bits per heavy atom. The molecule has 4 heteroatoms. The normalized spacial score (nSPS) is 13.2. The van der Waals surface area contributed by atoms with E-state index < -0.39 is 11.6 Å². The number of rotatable bonds is 3. The molecule has 0 amide bonds. The van der Waals surface area contributed by atoms with Gasteiger partial charge in [-0.05, 0) is 32.5 Å². The van der Waals surface area contributed by atoms with Crippen LogP contribution >= 0.6 is 0 Å². The maximum Gasteiger partial charge on any atom is 0.173 e. The number of benzene rings is 1. The van der Waals surface area contributed by atoms with Gasteiger partial charge in [-0.3, -0.25) is 0 Å². The minimum absolute atomic E-state index is 0.00209. The van der Waals surface area contributed by atoms with E-state index in [2.05, 4.69) is 5.32 Å². The van der Waals surface area contributed by atoms with Crippen molar-refractivity contribution in [1.82, 2.24) is 5.32 Å². The Morgan fingerprint density at radius 2 is 1.94 bits per heavy atom. The fourth-order valence-electron chi connectivity index (χ4n) is 2.10. The molecule has 1 unspecified atom stereocenters. The standard InChI is InChI=1S/C13H15F2NO/c1-4-16-8(3)12-7(2)11-9(14)5-6-10(15)13(11)17-12/h5-6,8,16H,4H2,1-3H3. The highest BCUT2D eigenvalue weighted by atomic mass is 19.1. The number of aryl methyl sites for hydroxylation is 1. The van der Waals surface area contributed by atoms with E-state index in [1.54, 1.807) is 6.92 Å². The summed E-state index contributed by atoms with van der Waals surface area (Å²) in [6, 6.07) is 2.15. The second-order valence-corrected chi connectivity index (χ2v) is 4.10. The van der Waals surface area contributed by atoms with Gasteiger partial charge in [-0.15, -0.1) is 0 Å². The van der Waals surface area contributed by atoms with Crippen LogP contribution in [0.3, 0.4) is 0 Å². The molecule has 0 aliphatic rings. The molecule has 0 aliphatic carbocycles. The van der Waals surface area contributed by atoms with Crippen LogP contribution < -0.4 is 5.32 Å². The third kappa shape index (κ3) is 1.93. The highest BCUT2D eigenvalue weighted by Gasteiger charge is 2.20. The molecule has 0 saturated heterocycles. The molecule has 0 bridgehead atoms. The lowest BCUT2D eigenvalue weighted by atomic mass is 10.1. The SMILES string of the molecule is CCNC(C)c1oc2c(F)ccc(F)c2c1C. The summed E-state index contributed by atoms with van der Waals surface area (Å²) < 4.78 is 32.6. The molecule has 1 aromatic heterocycles. The minimum atomic E-state index is -0.528. The molecule has 17 heavy (non-hydrogen) atoms. The first-order valence-corrected chi connectivity index (χ1v) is 5.66. The molecule has 1 heterocycles. The van der Waals surface area contributed by atoms with Gasteiger partial charge in [0.05, 0.1) is 11.4 Å². The van der Waals surface area contributed by atoms with Crippen LogP contribution in [0, 0.1) is 18.6 Å². The van der Waals surface area contributed by atoms with Crippen molar-refractivity contribution in [1.29, 1.82) is 0 Å². The Kier molecular flexibility index (Phi) is 3.15. The van der Waals surface area contributed by atoms with Gasteiger partial charge >= 0.3 is 0 Å². The van der Waals surface area contributed by atoms with Crippen molar-refractivity contribution in [2.45, 2.75) is 26.8 Å². The molecule has 2 rings (SSSR count). The van der Waals surface area contributed by atoms with Crippen LogP contribution in [0.2, 0.25) is 0 Å². The lowest BCUT2D eigenvalue weighted by Crippen LogP contribution is -2.17. The van der Waals surface area contributed by atoms with Crippen LogP contribution in [-0.4, -0.2) is 6.54 Å². The van der Waals surface area contributed by atoms with Gasteiger partial charge < -0.3 is 9.73 Å². The first-order chi connectivity index (χ1) is 8.06. The molecule has 0 aliphatic heterocycles. The monoisotopic (exact) mass is 239 g/mol. The van der Waals surface area contributed by atoms with E-state index in [-0.39, 0.29) is 17.0 Å². The van der Waals surface area contributed by atoms with E-state index in [9.17, 15) is 8.78 Å². The fourth-order valence-corrected chi connectivity index (χ4v) is 2.10. The number of halogens is 2. The van der Waals surface area contributed by atoms with Crippen molar-refractivity contribution in [2.24, 2.45) is 0 Å². The molecule has 1 aromatic carbocycles. The summed E-state index contributed by atoms with van der Waals surface area (Å²) in [7, 11) is 0. The van der Waals surface area contributed by atoms with Crippen LogP contribution in [0.15, 0.2) is 16.5 Å². The van der Waals surface area contributed by atoms with Crippen LogP contribution in [-0.2, 0) is 0 Å². The predicted molar refractivity (Wildman–Crippen MR) is 63.0 cm³/mol. The maximum atomic E-state index is 13.6. The summed E-state index contributed by atoms with van der Waals surface area (Å²) in [6.07, 6.45) is 0. The highest BCUT2D eigenvalue weighted by Crippen LogP contribution is 2.32. The Labute approximate surface area is 98.6 Å². The van der Waals surface area contributed by atoms with E-state index in [1.807, 2.05) is 13.8 Å².